The molecule has 0 saturated heterocycles. The van der Waals surface area contributed by atoms with Crippen LogP contribution in [0.3, 0.4) is 0 Å². The topological polar surface area (TPSA) is 29.1 Å². The first-order valence-corrected chi connectivity index (χ1v) is 10.3. The van der Waals surface area contributed by atoms with Crippen LogP contribution in [0.25, 0.3) is 0 Å². The molecule has 25 heavy (non-hydrogen) atoms. The molecule has 1 aliphatic heterocycles. The van der Waals surface area contributed by atoms with E-state index in [1.54, 1.807) is 6.07 Å². The number of carbonyl (C=O) groups excluding carboxylic acids is 1. The normalized spacial score (nSPS) is 19.2. The summed E-state index contributed by atoms with van der Waals surface area (Å²) in [5.41, 5.74) is 2.91. The van der Waals surface area contributed by atoms with Gasteiger partial charge < -0.3 is 0 Å². The Hall–Kier alpha value is -2.06. The molecule has 0 bridgehead atoms. The van der Waals surface area contributed by atoms with Crippen LogP contribution in [0.15, 0.2) is 78.9 Å². The number of halogens is 1. The average Bonchev–Trinajstić information content (AvgIpc) is 2.65. The molecule has 1 heterocycles. The number of rotatable bonds is 3. The van der Waals surface area contributed by atoms with Crippen LogP contribution in [-0.4, -0.2) is 20.9 Å². The third kappa shape index (κ3) is 3.36. The molecule has 3 aromatic rings. The molecule has 0 unspecified atom stereocenters. The number of fused-ring (bicyclic) bond motifs is 1. The third-order valence-corrected chi connectivity index (χ3v) is 7.33. The van der Waals surface area contributed by atoms with Gasteiger partial charge in [-0.25, -0.2) is 0 Å². The Labute approximate surface area is 158 Å². The van der Waals surface area contributed by atoms with Gasteiger partial charge in [-0.1, -0.05) is 0 Å². The molecule has 1 N–H and O–H groups in total. The minimum atomic E-state index is -0.0418. The molecular formula is C21H16ClNOSe. The van der Waals surface area contributed by atoms with Gasteiger partial charge in [-0.3, -0.25) is 0 Å². The Balaban J connectivity index is 1.82. The number of amides is 1. The molecule has 0 radical (unpaired) electrons. The summed E-state index contributed by atoms with van der Waals surface area (Å²) >= 11 is 6.42. The molecule has 1 amide bonds. The monoisotopic (exact) mass is 413 g/mol. The SMILES string of the molecule is O=C1N[C@H](c2ccccc2)[C@@H]([Se]c2ccccc2)c2cc(Cl)ccc21. The van der Waals surface area contributed by atoms with Crippen LogP contribution in [0, 0.1) is 0 Å². The van der Waals surface area contributed by atoms with Crippen molar-refractivity contribution >= 4 is 36.9 Å². The van der Waals surface area contributed by atoms with Crippen LogP contribution in [0.1, 0.15) is 32.3 Å². The molecule has 2 atom stereocenters. The van der Waals surface area contributed by atoms with Crippen molar-refractivity contribution in [2.24, 2.45) is 0 Å². The van der Waals surface area contributed by atoms with Gasteiger partial charge in [0.25, 0.3) is 0 Å². The van der Waals surface area contributed by atoms with E-state index < -0.39 is 0 Å². The van der Waals surface area contributed by atoms with Gasteiger partial charge >= 0.3 is 158 Å². The first-order valence-electron chi connectivity index (χ1n) is 8.09. The summed E-state index contributed by atoms with van der Waals surface area (Å²) < 4.78 is 1.31. The first kappa shape index (κ1) is 16.4. The van der Waals surface area contributed by atoms with E-state index >= 15 is 0 Å². The van der Waals surface area contributed by atoms with Crippen molar-refractivity contribution < 1.29 is 4.79 Å². The Bertz CT molecular complexity index is 898. The molecule has 4 heteroatoms. The second-order valence-corrected chi connectivity index (χ2v) is 8.93. The van der Waals surface area contributed by atoms with Crippen LogP contribution >= 0.6 is 11.6 Å². The summed E-state index contributed by atoms with van der Waals surface area (Å²) in [7, 11) is 0. The fourth-order valence-electron chi connectivity index (χ4n) is 3.15. The summed E-state index contributed by atoms with van der Waals surface area (Å²) in [4.78, 5) is 12.8. The van der Waals surface area contributed by atoms with Crippen molar-refractivity contribution in [3.63, 3.8) is 0 Å². The zero-order valence-corrected chi connectivity index (χ0v) is 15.8. The molecular weight excluding hydrogens is 397 g/mol. The Morgan fingerprint density at radius 1 is 0.880 bits per heavy atom. The zero-order chi connectivity index (χ0) is 17.2. The van der Waals surface area contributed by atoms with Gasteiger partial charge in [-0.2, -0.15) is 0 Å². The van der Waals surface area contributed by atoms with E-state index in [-0.39, 0.29) is 31.7 Å². The fraction of sp³-hybridized carbons (Fsp3) is 0.0952. The van der Waals surface area contributed by atoms with Crippen molar-refractivity contribution in [1.82, 2.24) is 5.32 Å². The van der Waals surface area contributed by atoms with Gasteiger partial charge in [0.15, 0.2) is 0 Å². The van der Waals surface area contributed by atoms with Crippen LogP contribution < -0.4 is 9.78 Å². The maximum absolute atomic E-state index is 12.6. The Kier molecular flexibility index (Phi) is 4.63. The quantitative estimate of drug-likeness (QED) is 0.650. The summed E-state index contributed by atoms with van der Waals surface area (Å²) in [5.74, 6) is -0.0272. The van der Waals surface area contributed by atoms with Crippen molar-refractivity contribution in [1.29, 1.82) is 0 Å². The first-order chi connectivity index (χ1) is 12.2. The molecule has 124 valence electrons. The van der Waals surface area contributed by atoms with E-state index in [9.17, 15) is 4.79 Å². The van der Waals surface area contributed by atoms with Crippen LogP contribution in [0.4, 0.5) is 0 Å². The summed E-state index contributed by atoms with van der Waals surface area (Å²) in [5, 5.41) is 3.89. The second kappa shape index (κ2) is 7.05. The van der Waals surface area contributed by atoms with Gasteiger partial charge in [0.1, 0.15) is 0 Å². The van der Waals surface area contributed by atoms with E-state index in [1.165, 1.54) is 4.46 Å². The van der Waals surface area contributed by atoms with E-state index in [1.807, 2.05) is 36.4 Å². The second-order valence-electron chi connectivity index (χ2n) is 5.94. The molecule has 2 nitrogen and oxygen atoms in total. The summed E-state index contributed by atoms with van der Waals surface area (Å²) in [6, 6.07) is 26.2. The van der Waals surface area contributed by atoms with Gasteiger partial charge in [-0.05, 0) is 0 Å². The van der Waals surface area contributed by atoms with E-state index in [4.69, 9.17) is 11.6 Å². The van der Waals surface area contributed by atoms with E-state index in [0.29, 0.717) is 5.02 Å². The predicted molar refractivity (Wildman–Crippen MR) is 103 cm³/mol. The van der Waals surface area contributed by atoms with Crippen molar-refractivity contribution in [2.75, 3.05) is 0 Å². The average molecular weight is 413 g/mol. The Morgan fingerprint density at radius 2 is 1.56 bits per heavy atom. The molecule has 1 aliphatic rings. The summed E-state index contributed by atoms with van der Waals surface area (Å²) in [6.07, 6.45) is 0. The molecule has 0 saturated carbocycles. The number of hydrogen-bond acceptors (Lipinski definition) is 1. The number of benzene rings is 3. The maximum atomic E-state index is 12.6. The van der Waals surface area contributed by atoms with Gasteiger partial charge in [0, 0.05) is 0 Å². The van der Waals surface area contributed by atoms with Crippen LogP contribution in [-0.2, 0) is 0 Å². The minimum absolute atomic E-state index is 0.0272. The molecule has 0 aromatic heterocycles. The molecule has 0 fully saturated rings. The van der Waals surface area contributed by atoms with Crippen LogP contribution in [0.2, 0.25) is 5.02 Å². The molecule has 3 aromatic carbocycles. The van der Waals surface area contributed by atoms with Gasteiger partial charge in [0.2, 0.25) is 0 Å². The third-order valence-electron chi connectivity index (χ3n) is 4.32. The van der Waals surface area contributed by atoms with Crippen molar-refractivity contribution in [2.45, 2.75) is 10.9 Å². The van der Waals surface area contributed by atoms with E-state index in [0.717, 1.165) is 16.7 Å². The zero-order valence-electron chi connectivity index (χ0n) is 13.4. The van der Waals surface area contributed by atoms with Crippen LogP contribution in [0.5, 0.6) is 0 Å². The van der Waals surface area contributed by atoms with Crippen molar-refractivity contribution in [3.05, 3.63) is 101 Å². The van der Waals surface area contributed by atoms with Gasteiger partial charge in [-0.15, -0.1) is 0 Å². The Morgan fingerprint density at radius 3 is 2.28 bits per heavy atom. The fourth-order valence-corrected chi connectivity index (χ4v) is 6.03. The number of carbonyl (C=O) groups is 1. The standard InChI is InChI=1S/C21H16ClNOSe/c22-15-11-12-17-18(13-15)20(25-16-9-5-2-6-10-16)19(23-21(17)24)14-7-3-1-4-8-14/h1-13,19-20H,(H,23,24)/t19-,20+/m1/s1. The molecule has 4 rings (SSSR count). The summed E-state index contributed by atoms with van der Waals surface area (Å²) in [6.45, 7) is 0. The van der Waals surface area contributed by atoms with Crippen molar-refractivity contribution in [3.8, 4) is 0 Å². The molecule has 0 aliphatic carbocycles. The predicted octanol–water partition coefficient (Wildman–Crippen LogP) is 3.90. The van der Waals surface area contributed by atoms with Gasteiger partial charge in [0.05, 0.1) is 0 Å². The van der Waals surface area contributed by atoms with E-state index in [2.05, 4.69) is 41.7 Å². The number of hydrogen-bond donors (Lipinski definition) is 1. The molecule has 0 spiro atoms. The number of nitrogens with one attached hydrogen (secondary N) is 1.